The fourth-order valence-electron chi connectivity index (χ4n) is 2.11. The lowest BCUT2D eigenvalue weighted by Gasteiger charge is -2.23. The highest BCUT2D eigenvalue weighted by molar-refractivity contribution is 5.41. The van der Waals surface area contributed by atoms with Crippen molar-refractivity contribution < 1.29 is 19.2 Å². The Hall–Kier alpha value is -3.26. The maximum Gasteiger partial charge on any atom is 0.235 e. The minimum atomic E-state index is -0.640. The van der Waals surface area contributed by atoms with Crippen LogP contribution in [0.5, 0.6) is 0 Å². The summed E-state index contributed by atoms with van der Waals surface area (Å²) >= 11 is 0. The molecule has 0 aliphatic carbocycles. The third-order valence-corrected chi connectivity index (χ3v) is 3.84. The Kier molecular flexibility index (Phi) is 11.5. The molecule has 8 heteroatoms. The van der Waals surface area contributed by atoms with Crippen LogP contribution in [0.1, 0.15) is 51.7 Å². The summed E-state index contributed by atoms with van der Waals surface area (Å²) in [6.07, 6.45) is 7.54. The molecule has 0 radical (unpaired) electrons. The molecule has 0 atom stereocenters. The molecule has 1 aromatic rings. The van der Waals surface area contributed by atoms with Gasteiger partial charge in [0.2, 0.25) is 24.3 Å². The van der Waals surface area contributed by atoms with Gasteiger partial charge in [0.15, 0.2) is 0 Å². The molecule has 0 saturated heterocycles. The van der Waals surface area contributed by atoms with Crippen LogP contribution in [-0.2, 0) is 30.3 Å². The fourth-order valence-corrected chi connectivity index (χ4v) is 2.11. The predicted molar refractivity (Wildman–Crippen MR) is 104 cm³/mol. The van der Waals surface area contributed by atoms with Gasteiger partial charge in [-0.2, -0.15) is 9.98 Å². The van der Waals surface area contributed by atoms with E-state index in [1.165, 1.54) is 12.2 Å². The standard InChI is InChI=1S/C14H16N2O2.C6H8N2O2/c1-13(2,15-9-17)11-6-5-7-12(8-11)14(3,4)16-10-18;9-5-7-3-1-2-4-8-6-10/h5-8H,1-4H3;1-4H2. The third-order valence-electron chi connectivity index (χ3n) is 3.84. The quantitative estimate of drug-likeness (QED) is 0.369. The van der Waals surface area contributed by atoms with Gasteiger partial charge in [0.1, 0.15) is 0 Å². The van der Waals surface area contributed by atoms with Crippen LogP contribution in [0.4, 0.5) is 0 Å². The van der Waals surface area contributed by atoms with Gasteiger partial charge in [-0.3, -0.25) is 0 Å². The van der Waals surface area contributed by atoms with E-state index < -0.39 is 11.1 Å². The summed E-state index contributed by atoms with van der Waals surface area (Å²) in [6, 6.07) is 7.51. The fraction of sp³-hybridized carbons (Fsp3) is 0.500. The maximum absolute atomic E-state index is 10.4. The summed E-state index contributed by atoms with van der Waals surface area (Å²) in [5, 5.41) is 0. The van der Waals surface area contributed by atoms with Gasteiger partial charge in [0.05, 0.1) is 24.2 Å². The zero-order valence-electron chi connectivity index (χ0n) is 16.6. The Bertz CT molecular complexity index is 757. The Morgan fingerprint density at radius 1 is 0.714 bits per heavy atom. The molecule has 1 aromatic carbocycles. The maximum atomic E-state index is 10.4. The molecule has 0 bridgehead atoms. The first kappa shape index (κ1) is 24.7. The number of hydrogen-bond donors (Lipinski definition) is 0. The van der Waals surface area contributed by atoms with Gasteiger partial charge < -0.3 is 0 Å². The molecule has 28 heavy (non-hydrogen) atoms. The minimum absolute atomic E-state index is 0.470. The lowest BCUT2D eigenvalue weighted by atomic mass is 9.88. The predicted octanol–water partition coefficient (Wildman–Crippen LogP) is 3.27. The van der Waals surface area contributed by atoms with Gasteiger partial charge in [0, 0.05) is 0 Å². The molecule has 148 valence electrons. The van der Waals surface area contributed by atoms with Gasteiger partial charge >= 0.3 is 0 Å². The van der Waals surface area contributed by atoms with E-state index in [1.807, 2.05) is 52.0 Å². The number of isocyanates is 4. The van der Waals surface area contributed by atoms with Crippen LogP contribution in [0, 0.1) is 0 Å². The van der Waals surface area contributed by atoms with Crippen LogP contribution in [0.25, 0.3) is 0 Å². The number of unbranched alkanes of at least 4 members (excludes halogenated alkanes) is 1. The summed E-state index contributed by atoms with van der Waals surface area (Å²) in [5.74, 6) is 0. The second-order valence-electron chi connectivity index (χ2n) is 6.76. The second-order valence-corrected chi connectivity index (χ2v) is 6.76. The monoisotopic (exact) mass is 384 g/mol. The molecular weight excluding hydrogens is 360 g/mol. The van der Waals surface area contributed by atoms with Crippen molar-refractivity contribution in [3.63, 3.8) is 0 Å². The Balaban J connectivity index is 0.000000621. The molecule has 0 saturated carbocycles. The number of carbonyl (C=O) groups excluding carboxylic acids is 4. The van der Waals surface area contributed by atoms with Gasteiger partial charge in [0.25, 0.3) is 0 Å². The Morgan fingerprint density at radius 3 is 1.43 bits per heavy atom. The summed E-state index contributed by atoms with van der Waals surface area (Å²) in [5.41, 5.74) is 0.465. The van der Waals surface area contributed by atoms with Gasteiger partial charge in [-0.25, -0.2) is 29.2 Å². The SMILES string of the molecule is CC(C)(N=C=O)c1cccc(C(C)(C)N=C=O)c1.O=C=NCCCCN=C=O. The van der Waals surface area contributed by atoms with Crippen molar-refractivity contribution in [1.29, 1.82) is 0 Å². The minimum Gasteiger partial charge on any atom is -0.211 e. The number of nitrogens with zero attached hydrogens (tertiary/aromatic N) is 4. The van der Waals surface area contributed by atoms with Gasteiger partial charge in [-0.1, -0.05) is 24.3 Å². The Morgan fingerprint density at radius 2 is 1.11 bits per heavy atom. The van der Waals surface area contributed by atoms with E-state index in [1.54, 1.807) is 12.2 Å². The normalized spacial score (nSPS) is 10.0. The zero-order valence-corrected chi connectivity index (χ0v) is 16.6. The highest BCUT2D eigenvalue weighted by atomic mass is 16.1. The molecule has 0 aliphatic rings. The van der Waals surface area contributed by atoms with Crippen molar-refractivity contribution in [1.82, 2.24) is 0 Å². The summed E-state index contributed by atoms with van der Waals surface area (Å²) < 4.78 is 0. The first-order chi connectivity index (χ1) is 13.2. The molecule has 0 unspecified atom stereocenters. The van der Waals surface area contributed by atoms with E-state index in [0.29, 0.717) is 13.1 Å². The molecule has 8 nitrogen and oxygen atoms in total. The van der Waals surface area contributed by atoms with Crippen molar-refractivity contribution in [3.05, 3.63) is 35.4 Å². The topological polar surface area (TPSA) is 118 Å². The molecule has 0 fully saturated rings. The van der Waals surface area contributed by atoms with Crippen molar-refractivity contribution in [2.75, 3.05) is 13.1 Å². The third kappa shape index (κ3) is 9.44. The van der Waals surface area contributed by atoms with Crippen LogP contribution in [0.3, 0.4) is 0 Å². The molecule has 0 amide bonds. The molecular formula is C20H24N4O4. The molecule has 0 spiro atoms. The number of rotatable bonds is 9. The number of benzene rings is 1. The summed E-state index contributed by atoms with van der Waals surface area (Å²) in [7, 11) is 0. The first-order valence-corrected chi connectivity index (χ1v) is 8.61. The summed E-state index contributed by atoms with van der Waals surface area (Å²) in [4.78, 5) is 54.1. The van der Waals surface area contributed by atoms with E-state index >= 15 is 0 Å². The highest BCUT2D eigenvalue weighted by Gasteiger charge is 2.24. The lowest BCUT2D eigenvalue weighted by Crippen LogP contribution is -2.18. The molecule has 0 aliphatic heterocycles. The van der Waals surface area contributed by atoms with E-state index in [9.17, 15) is 19.2 Å². The first-order valence-electron chi connectivity index (χ1n) is 8.61. The van der Waals surface area contributed by atoms with E-state index in [0.717, 1.165) is 24.0 Å². The number of hydrogen-bond acceptors (Lipinski definition) is 8. The van der Waals surface area contributed by atoms with Crippen LogP contribution in [-0.4, -0.2) is 37.4 Å². The van der Waals surface area contributed by atoms with E-state index in [4.69, 9.17) is 0 Å². The van der Waals surface area contributed by atoms with Crippen LogP contribution >= 0.6 is 0 Å². The Labute approximate surface area is 164 Å². The number of aliphatic imine (C=N–C) groups is 4. The van der Waals surface area contributed by atoms with Crippen LogP contribution in [0.2, 0.25) is 0 Å². The molecule has 1 rings (SSSR count). The summed E-state index contributed by atoms with van der Waals surface area (Å²) in [6.45, 7) is 8.25. The van der Waals surface area contributed by atoms with E-state index in [2.05, 4.69) is 20.0 Å². The van der Waals surface area contributed by atoms with Crippen molar-refractivity contribution in [3.8, 4) is 0 Å². The smallest absolute Gasteiger partial charge is 0.211 e. The van der Waals surface area contributed by atoms with Crippen LogP contribution < -0.4 is 0 Å². The van der Waals surface area contributed by atoms with E-state index in [-0.39, 0.29) is 0 Å². The second kappa shape index (κ2) is 13.0. The van der Waals surface area contributed by atoms with Crippen molar-refractivity contribution >= 4 is 24.3 Å². The van der Waals surface area contributed by atoms with Crippen molar-refractivity contribution in [2.45, 2.75) is 51.6 Å². The molecule has 0 N–H and O–H groups in total. The van der Waals surface area contributed by atoms with Crippen molar-refractivity contribution in [2.24, 2.45) is 20.0 Å². The average Bonchev–Trinajstić information content (AvgIpc) is 2.65. The van der Waals surface area contributed by atoms with Gasteiger partial charge in [-0.05, 0) is 51.7 Å². The average molecular weight is 384 g/mol. The lowest BCUT2D eigenvalue weighted by molar-refractivity contribution is 0.512. The zero-order chi connectivity index (χ0) is 21.5. The highest BCUT2D eigenvalue weighted by Crippen LogP contribution is 2.30. The largest absolute Gasteiger partial charge is 0.235 e. The molecule has 0 aromatic heterocycles. The van der Waals surface area contributed by atoms with Gasteiger partial charge in [-0.15, -0.1) is 0 Å². The molecule has 0 heterocycles. The van der Waals surface area contributed by atoms with Crippen LogP contribution in [0.15, 0.2) is 44.2 Å².